The number of methoxy groups -OCH3 is 2. The standard InChI is InChI=1S/C16H24GeO5/c1-17(2,3)13-11-9-16(14(19)21-4,15(20)22-5)7-6-10(11)8-12(13)18/h10H,6-9H2,1-5H3. The second-order valence-corrected chi connectivity index (χ2v) is 17.7. The van der Waals surface area contributed by atoms with Crippen LogP contribution in [0.3, 0.4) is 0 Å². The average Bonchev–Trinajstić information content (AvgIpc) is 2.79. The van der Waals surface area contributed by atoms with Crippen molar-refractivity contribution >= 4 is 31.0 Å². The number of hydrogen-bond acceptors (Lipinski definition) is 5. The fourth-order valence-corrected chi connectivity index (χ4v) is 8.50. The number of ether oxygens (including phenoxy) is 2. The van der Waals surface area contributed by atoms with Crippen LogP contribution in [0.1, 0.15) is 25.7 Å². The fraction of sp³-hybridized carbons (Fsp3) is 0.688. The summed E-state index contributed by atoms with van der Waals surface area (Å²) in [4.78, 5) is 37.0. The number of Topliss-reactive ketones (excluding diaryl/α,β-unsaturated/α-hetero) is 1. The van der Waals surface area contributed by atoms with E-state index in [1.54, 1.807) is 0 Å². The summed E-state index contributed by atoms with van der Waals surface area (Å²) in [5.74, 6) is 5.84. The molecule has 1 atom stereocenters. The molecule has 0 aromatic carbocycles. The molecule has 2 aliphatic rings. The van der Waals surface area contributed by atoms with E-state index in [2.05, 4.69) is 17.3 Å². The van der Waals surface area contributed by atoms with Gasteiger partial charge in [-0.15, -0.1) is 0 Å². The summed E-state index contributed by atoms with van der Waals surface area (Å²) in [6.45, 7) is 0. The van der Waals surface area contributed by atoms with Gasteiger partial charge in [-0.1, -0.05) is 0 Å². The zero-order valence-corrected chi connectivity index (χ0v) is 16.0. The monoisotopic (exact) mass is 370 g/mol. The molecule has 0 aromatic rings. The third kappa shape index (κ3) is 2.64. The molecule has 5 nitrogen and oxygen atoms in total. The van der Waals surface area contributed by atoms with Crippen LogP contribution in [0.2, 0.25) is 17.3 Å². The molecule has 0 saturated heterocycles. The Morgan fingerprint density at radius 3 is 2.14 bits per heavy atom. The number of rotatable bonds is 3. The number of fused-ring (bicyclic) bond motifs is 1. The Hall–Kier alpha value is -1.11. The van der Waals surface area contributed by atoms with Crippen LogP contribution < -0.4 is 0 Å². The van der Waals surface area contributed by atoms with Gasteiger partial charge in [-0.3, -0.25) is 0 Å². The minimum atomic E-state index is -2.36. The van der Waals surface area contributed by atoms with Crippen LogP contribution >= 0.6 is 0 Å². The predicted octanol–water partition coefficient (Wildman–Crippen LogP) is 2.27. The summed E-state index contributed by atoms with van der Waals surface area (Å²) < 4.78 is 10.7. The average molecular weight is 369 g/mol. The van der Waals surface area contributed by atoms with Gasteiger partial charge in [0.05, 0.1) is 0 Å². The molecular weight excluding hydrogens is 345 g/mol. The van der Waals surface area contributed by atoms with E-state index in [1.165, 1.54) is 14.2 Å². The van der Waals surface area contributed by atoms with Crippen molar-refractivity contribution in [3.63, 3.8) is 0 Å². The van der Waals surface area contributed by atoms with Crippen LogP contribution in [0.5, 0.6) is 0 Å². The zero-order valence-electron chi connectivity index (χ0n) is 13.9. The number of ketones is 1. The Labute approximate surface area is 133 Å². The van der Waals surface area contributed by atoms with Crippen molar-refractivity contribution in [1.82, 2.24) is 0 Å². The second kappa shape index (κ2) is 5.83. The first-order chi connectivity index (χ1) is 10.2. The fourth-order valence-electron chi connectivity index (χ4n) is 3.90. The van der Waals surface area contributed by atoms with Gasteiger partial charge in [0.1, 0.15) is 0 Å². The second-order valence-electron chi connectivity index (χ2n) is 7.26. The van der Waals surface area contributed by atoms with E-state index < -0.39 is 30.6 Å². The molecule has 1 unspecified atom stereocenters. The molecule has 0 N–H and O–H groups in total. The first-order valence-electron chi connectivity index (χ1n) is 7.61. The van der Waals surface area contributed by atoms with Gasteiger partial charge in [0, 0.05) is 0 Å². The maximum absolute atomic E-state index is 12.4. The van der Waals surface area contributed by atoms with E-state index in [9.17, 15) is 14.4 Å². The quantitative estimate of drug-likeness (QED) is 0.434. The van der Waals surface area contributed by atoms with Crippen LogP contribution in [0.4, 0.5) is 0 Å². The normalized spacial score (nSPS) is 24.0. The van der Waals surface area contributed by atoms with Gasteiger partial charge >= 0.3 is 133 Å². The molecular formula is C16H24GeO5. The molecule has 0 heterocycles. The molecule has 0 amide bonds. The van der Waals surface area contributed by atoms with Gasteiger partial charge in [-0.05, 0) is 0 Å². The molecule has 6 heteroatoms. The molecule has 2 aliphatic carbocycles. The summed E-state index contributed by atoms with van der Waals surface area (Å²) in [5, 5.41) is 0. The van der Waals surface area contributed by atoms with E-state index >= 15 is 0 Å². The number of esters is 2. The maximum atomic E-state index is 12.4. The molecule has 0 spiro atoms. The van der Waals surface area contributed by atoms with Gasteiger partial charge in [0.2, 0.25) is 0 Å². The summed E-state index contributed by atoms with van der Waals surface area (Å²) in [5.41, 5.74) is -0.252. The third-order valence-corrected chi connectivity index (χ3v) is 9.24. The van der Waals surface area contributed by atoms with Crippen molar-refractivity contribution in [1.29, 1.82) is 0 Å². The Morgan fingerprint density at radius 1 is 1.14 bits per heavy atom. The van der Waals surface area contributed by atoms with Crippen molar-refractivity contribution in [3.05, 3.63) is 9.98 Å². The molecule has 0 radical (unpaired) electrons. The Balaban J connectivity index is 2.52. The van der Waals surface area contributed by atoms with Crippen LogP contribution in [-0.2, 0) is 23.9 Å². The Kier molecular flexibility index (Phi) is 4.57. The Morgan fingerprint density at radius 2 is 1.68 bits per heavy atom. The topological polar surface area (TPSA) is 69.7 Å². The van der Waals surface area contributed by atoms with Gasteiger partial charge in [0.25, 0.3) is 0 Å². The minimum absolute atomic E-state index is 0.190. The van der Waals surface area contributed by atoms with Crippen molar-refractivity contribution in [2.75, 3.05) is 14.2 Å². The molecule has 2 rings (SSSR count). The third-order valence-electron chi connectivity index (χ3n) is 4.84. The first-order valence-corrected chi connectivity index (χ1v) is 14.9. The van der Waals surface area contributed by atoms with Crippen LogP contribution in [-0.4, -0.2) is 45.2 Å². The Bertz CT molecular complexity index is 539. The van der Waals surface area contributed by atoms with Crippen molar-refractivity contribution in [3.8, 4) is 0 Å². The SMILES string of the molecule is COC(=O)C1(C(=O)OC)CCC2CC(=O)[C]([Ge]([CH3])([CH3])[CH3])=C2C1. The van der Waals surface area contributed by atoms with Crippen LogP contribution in [0.25, 0.3) is 0 Å². The van der Waals surface area contributed by atoms with Crippen LogP contribution in [0.15, 0.2) is 9.98 Å². The summed E-state index contributed by atoms with van der Waals surface area (Å²) in [7, 11) is 2.57. The van der Waals surface area contributed by atoms with Crippen molar-refractivity contribution in [2.45, 2.75) is 43.0 Å². The number of carbonyl (C=O) groups excluding carboxylic acids is 3. The van der Waals surface area contributed by atoms with Crippen LogP contribution in [0, 0.1) is 11.3 Å². The summed E-state index contributed by atoms with van der Waals surface area (Å²) in [6.07, 6.45) is 1.86. The molecule has 0 aromatic heterocycles. The zero-order chi connectivity index (χ0) is 16.7. The first kappa shape index (κ1) is 17.2. The van der Waals surface area contributed by atoms with Gasteiger partial charge < -0.3 is 0 Å². The van der Waals surface area contributed by atoms with Crippen molar-refractivity contribution < 1.29 is 23.9 Å². The van der Waals surface area contributed by atoms with E-state index in [4.69, 9.17) is 9.47 Å². The summed E-state index contributed by atoms with van der Waals surface area (Å²) in [6, 6.07) is 0. The van der Waals surface area contributed by atoms with E-state index in [0.717, 1.165) is 9.98 Å². The summed E-state index contributed by atoms with van der Waals surface area (Å²) >= 11 is -2.36. The number of carbonyl (C=O) groups is 3. The number of allylic oxidation sites excluding steroid dienone is 2. The molecule has 0 bridgehead atoms. The van der Waals surface area contributed by atoms with Gasteiger partial charge in [-0.25, -0.2) is 0 Å². The van der Waals surface area contributed by atoms with Gasteiger partial charge in [-0.2, -0.15) is 0 Å². The molecule has 1 fully saturated rings. The molecule has 0 aliphatic heterocycles. The molecule has 22 heavy (non-hydrogen) atoms. The number of hydrogen-bond donors (Lipinski definition) is 0. The predicted molar refractivity (Wildman–Crippen MR) is 83.8 cm³/mol. The van der Waals surface area contributed by atoms with E-state index in [0.29, 0.717) is 19.3 Å². The van der Waals surface area contributed by atoms with E-state index in [1.807, 2.05) is 0 Å². The van der Waals surface area contributed by atoms with E-state index in [-0.39, 0.29) is 18.1 Å². The van der Waals surface area contributed by atoms with Gasteiger partial charge in [0.15, 0.2) is 0 Å². The van der Waals surface area contributed by atoms with Crippen molar-refractivity contribution in [2.24, 2.45) is 11.3 Å². The molecule has 122 valence electrons. The molecule has 1 saturated carbocycles.